The highest BCUT2D eigenvalue weighted by Crippen LogP contribution is 2.17. The number of nitrogens with zero attached hydrogens (tertiary/aromatic N) is 1. The Morgan fingerprint density at radius 1 is 1.59 bits per heavy atom. The van der Waals surface area contributed by atoms with Crippen molar-refractivity contribution in [3.63, 3.8) is 0 Å². The van der Waals surface area contributed by atoms with Crippen molar-refractivity contribution in [2.75, 3.05) is 26.8 Å². The molecule has 1 amide bonds. The van der Waals surface area contributed by atoms with Gasteiger partial charge in [0.25, 0.3) is 0 Å². The van der Waals surface area contributed by atoms with E-state index in [0.29, 0.717) is 25.6 Å². The Bertz CT molecular complexity index is 283. The van der Waals surface area contributed by atoms with Crippen molar-refractivity contribution in [2.45, 2.75) is 25.3 Å². The maximum absolute atomic E-state index is 11.9. The van der Waals surface area contributed by atoms with Gasteiger partial charge in [0.2, 0.25) is 5.91 Å². The lowest BCUT2D eigenvalue weighted by atomic mass is 10.1. The third kappa shape index (κ3) is 4.32. The molecule has 2 atom stereocenters. The summed E-state index contributed by atoms with van der Waals surface area (Å²) in [5, 5.41) is 8.52. The van der Waals surface area contributed by atoms with Crippen LogP contribution in [0.4, 0.5) is 0 Å². The van der Waals surface area contributed by atoms with Crippen molar-refractivity contribution in [3.8, 4) is 0 Å². The molecule has 0 saturated carbocycles. The molecule has 0 bridgehead atoms. The Kier molecular flexibility index (Phi) is 5.37. The van der Waals surface area contributed by atoms with Gasteiger partial charge in [0.05, 0.1) is 12.6 Å². The second-order valence-corrected chi connectivity index (χ2v) is 4.43. The van der Waals surface area contributed by atoms with Gasteiger partial charge in [0, 0.05) is 32.5 Å². The zero-order chi connectivity index (χ0) is 12.8. The van der Waals surface area contributed by atoms with Gasteiger partial charge in [0.15, 0.2) is 0 Å². The second kappa shape index (κ2) is 6.56. The zero-order valence-electron chi connectivity index (χ0n) is 10.1. The number of ether oxygens (including phenoxy) is 1. The fourth-order valence-electron chi connectivity index (χ4n) is 2.04. The number of aliphatic carboxylic acids is 1. The van der Waals surface area contributed by atoms with Crippen molar-refractivity contribution in [1.29, 1.82) is 0 Å². The molecule has 1 aliphatic heterocycles. The minimum atomic E-state index is -0.924. The molecule has 0 aromatic carbocycles. The molecule has 98 valence electrons. The highest BCUT2D eigenvalue weighted by Gasteiger charge is 2.29. The molecule has 1 fully saturated rings. The van der Waals surface area contributed by atoms with E-state index < -0.39 is 12.0 Å². The van der Waals surface area contributed by atoms with E-state index >= 15 is 0 Å². The van der Waals surface area contributed by atoms with E-state index in [1.54, 1.807) is 12.0 Å². The lowest BCUT2D eigenvalue weighted by Crippen LogP contribution is -2.43. The second-order valence-electron chi connectivity index (χ2n) is 4.43. The molecule has 6 heteroatoms. The minimum Gasteiger partial charge on any atom is -0.481 e. The first-order valence-electron chi connectivity index (χ1n) is 5.79. The van der Waals surface area contributed by atoms with Crippen molar-refractivity contribution in [3.05, 3.63) is 0 Å². The summed E-state index contributed by atoms with van der Waals surface area (Å²) in [6, 6.07) is -0.701. The van der Waals surface area contributed by atoms with E-state index in [1.165, 1.54) is 0 Å². The topological polar surface area (TPSA) is 92.9 Å². The van der Waals surface area contributed by atoms with Crippen LogP contribution in [0.15, 0.2) is 0 Å². The van der Waals surface area contributed by atoms with Crippen molar-refractivity contribution < 1.29 is 19.4 Å². The number of rotatable bonds is 6. The average molecular weight is 244 g/mol. The molecule has 1 saturated heterocycles. The van der Waals surface area contributed by atoms with E-state index in [4.69, 9.17) is 15.6 Å². The molecule has 1 rings (SSSR count). The predicted molar refractivity (Wildman–Crippen MR) is 61.4 cm³/mol. The number of carbonyl (C=O) groups is 2. The summed E-state index contributed by atoms with van der Waals surface area (Å²) in [6.07, 6.45) is 1.05. The van der Waals surface area contributed by atoms with Crippen LogP contribution in [0.2, 0.25) is 0 Å². The Morgan fingerprint density at radius 3 is 2.88 bits per heavy atom. The SMILES string of the molecule is COCC1CCN(C(=O)C(N)CCC(=O)O)C1. The predicted octanol–water partition coefficient (Wildman–Crippen LogP) is -0.327. The maximum Gasteiger partial charge on any atom is 0.303 e. The smallest absolute Gasteiger partial charge is 0.303 e. The summed E-state index contributed by atoms with van der Waals surface area (Å²) in [5.74, 6) is -0.701. The summed E-state index contributed by atoms with van der Waals surface area (Å²) in [7, 11) is 1.64. The van der Waals surface area contributed by atoms with Gasteiger partial charge < -0.3 is 20.5 Å². The minimum absolute atomic E-state index is 0.0672. The number of likely N-dealkylation sites (tertiary alicyclic amines) is 1. The number of carboxylic acid groups (broad SMARTS) is 1. The fourth-order valence-corrected chi connectivity index (χ4v) is 2.04. The number of amides is 1. The van der Waals surface area contributed by atoms with Gasteiger partial charge in [-0.05, 0) is 12.8 Å². The number of carboxylic acids is 1. The summed E-state index contributed by atoms with van der Waals surface area (Å²) in [6.45, 7) is 2.00. The van der Waals surface area contributed by atoms with E-state index in [2.05, 4.69) is 0 Å². The first kappa shape index (κ1) is 13.9. The zero-order valence-corrected chi connectivity index (χ0v) is 10.1. The van der Waals surface area contributed by atoms with Crippen molar-refractivity contribution in [1.82, 2.24) is 4.90 Å². The van der Waals surface area contributed by atoms with Gasteiger partial charge in [-0.3, -0.25) is 9.59 Å². The van der Waals surface area contributed by atoms with Crippen LogP contribution in [0.3, 0.4) is 0 Å². The molecule has 1 heterocycles. The largest absolute Gasteiger partial charge is 0.481 e. The van der Waals surface area contributed by atoms with Gasteiger partial charge in [-0.2, -0.15) is 0 Å². The standard InChI is InChI=1S/C11H20N2O4/c1-17-7-8-4-5-13(6-8)11(16)9(12)2-3-10(14)15/h8-9H,2-7,12H2,1H3,(H,14,15). The van der Waals surface area contributed by atoms with Crippen molar-refractivity contribution >= 4 is 11.9 Å². The molecule has 0 aromatic rings. The number of hydrogen-bond acceptors (Lipinski definition) is 4. The molecular formula is C11H20N2O4. The summed E-state index contributed by atoms with van der Waals surface area (Å²) in [4.78, 5) is 24.0. The number of hydrogen-bond donors (Lipinski definition) is 2. The number of carbonyl (C=O) groups excluding carboxylic acids is 1. The Hall–Kier alpha value is -1.14. The van der Waals surface area contributed by atoms with Crippen LogP contribution in [-0.4, -0.2) is 54.7 Å². The number of nitrogens with two attached hydrogens (primary N) is 1. The molecule has 3 N–H and O–H groups in total. The van der Waals surface area contributed by atoms with Crippen LogP contribution in [0.1, 0.15) is 19.3 Å². The summed E-state index contributed by atoms with van der Waals surface area (Å²) >= 11 is 0. The Balaban J connectivity index is 2.35. The quantitative estimate of drug-likeness (QED) is 0.667. The van der Waals surface area contributed by atoms with Crippen molar-refractivity contribution in [2.24, 2.45) is 11.7 Å². The maximum atomic E-state index is 11.9. The molecular weight excluding hydrogens is 224 g/mol. The van der Waals surface area contributed by atoms with E-state index in [0.717, 1.165) is 6.42 Å². The van der Waals surface area contributed by atoms with Gasteiger partial charge in [-0.25, -0.2) is 0 Å². The van der Waals surface area contributed by atoms with Crippen LogP contribution < -0.4 is 5.73 Å². The monoisotopic (exact) mass is 244 g/mol. The molecule has 0 spiro atoms. The van der Waals surface area contributed by atoms with Crippen LogP contribution in [0, 0.1) is 5.92 Å². The van der Waals surface area contributed by atoms with Gasteiger partial charge in [0.1, 0.15) is 0 Å². The van der Waals surface area contributed by atoms with Crippen LogP contribution in [0.25, 0.3) is 0 Å². The number of methoxy groups -OCH3 is 1. The van der Waals surface area contributed by atoms with E-state index in [1.807, 2.05) is 0 Å². The molecule has 17 heavy (non-hydrogen) atoms. The van der Waals surface area contributed by atoms with E-state index in [9.17, 15) is 9.59 Å². The first-order valence-corrected chi connectivity index (χ1v) is 5.79. The van der Waals surface area contributed by atoms with Gasteiger partial charge in [-0.15, -0.1) is 0 Å². The molecule has 0 aliphatic carbocycles. The molecule has 0 radical (unpaired) electrons. The van der Waals surface area contributed by atoms with Crippen LogP contribution in [-0.2, 0) is 14.3 Å². The lowest BCUT2D eigenvalue weighted by molar-refractivity contribution is -0.137. The highest BCUT2D eigenvalue weighted by molar-refractivity contribution is 5.82. The average Bonchev–Trinajstić information content (AvgIpc) is 2.74. The Labute approximate surface area is 101 Å². The molecule has 0 aromatic heterocycles. The fraction of sp³-hybridized carbons (Fsp3) is 0.818. The van der Waals surface area contributed by atoms with Gasteiger partial charge in [-0.1, -0.05) is 0 Å². The van der Waals surface area contributed by atoms with Crippen LogP contribution >= 0.6 is 0 Å². The molecule has 2 unspecified atom stereocenters. The summed E-state index contributed by atoms with van der Waals surface area (Å²) < 4.78 is 5.05. The first-order chi connectivity index (χ1) is 8.04. The molecule has 1 aliphatic rings. The highest BCUT2D eigenvalue weighted by atomic mass is 16.5. The Morgan fingerprint density at radius 2 is 2.29 bits per heavy atom. The van der Waals surface area contributed by atoms with E-state index in [-0.39, 0.29) is 18.7 Å². The van der Waals surface area contributed by atoms with Crippen LogP contribution in [0.5, 0.6) is 0 Å². The molecule has 6 nitrogen and oxygen atoms in total. The third-order valence-corrected chi connectivity index (χ3v) is 2.99. The lowest BCUT2D eigenvalue weighted by Gasteiger charge is -2.20. The summed E-state index contributed by atoms with van der Waals surface area (Å²) in [5.41, 5.74) is 5.68. The van der Waals surface area contributed by atoms with Gasteiger partial charge >= 0.3 is 5.97 Å². The normalized spacial score (nSPS) is 21.5. The third-order valence-electron chi connectivity index (χ3n) is 2.99.